The van der Waals surface area contributed by atoms with Gasteiger partial charge in [-0.3, -0.25) is 9.59 Å². The second kappa shape index (κ2) is 8.15. The van der Waals surface area contributed by atoms with Gasteiger partial charge in [-0.2, -0.15) is 0 Å². The zero-order valence-electron chi connectivity index (χ0n) is 16.8. The first-order valence-electron chi connectivity index (χ1n) is 9.97. The van der Waals surface area contributed by atoms with E-state index in [-0.39, 0.29) is 17.7 Å². The van der Waals surface area contributed by atoms with Crippen molar-refractivity contribution in [1.82, 2.24) is 9.80 Å². The van der Waals surface area contributed by atoms with Crippen molar-refractivity contribution in [1.29, 1.82) is 0 Å². The Morgan fingerprint density at radius 2 is 1.52 bits per heavy atom. The van der Waals surface area contributed by atoms with E-state index in [1.165, 1.54) is 5.56 Å². The van der Waals surface area contributed by atoms with Gasteiger partial charge < -0.3 is 19.3 Å². The molecule has 1 saturated heterocycles. The second-order valence-corrected chi connectivity index (χ2v) is 7.55. The summed E-state index contributed by atoms with van der Waals surface area (Å²) in [5.41, 5.74) is 1.81. The van der Waals surface area contributed by atoms with Gasteiger partial charge in [0.15, 0.2) is 11.5 Å². The van der Waals surface area contributed by atoms with Crippen molar-refractivity contribution in [3.05, 3.63) is 59.7 Å². The molecule has 2 aromatic carbocycles. The lowest BCUT2D eigenvalue weighted by molar-refractivity contribution is -0.134. The van der Waals surface area contributed by atoms with Gasteiger partial charge in [-0.1, -0.05) is 30.3 Å². The molecule has 1 aliphatic heterocycles. The standard InChI is InChI=1S/C23H26N2O4/c1-28-20-9-8-17(14-21(20)29-2)22(26)24-10-12-25(13-11-24)23(27)19-15-18(19)16-6-4-3-5-7-16/h3-9,14,18-19H,10-13,15H2,1-2H3/t18?,19-/m1/s1. The lowest BCUT2D eigenvalue weighted by Crippen LogP contribution is -2.51. The summed E-state index contributed by atoms with van der Waals surface area (Å²) in [4.78, 5) is 29.4. The van der Waals surface area contributed by atoms with Gasteiger partial charge in [0.2, 0.25) is 5.91 Å². The highest BCUT2D eigenvalue weighted by atomic mass is 16.5. The highest BCUT2D eigenvalue weighted by Gasteiger charge is 2.46. The number of benzene rings is 2. The highest BCUT2D eigenvalue weighted by molar-refractivity contribution is 5.95. The van der Waals surface area contributed by atoms with E-state index < -0.39 is 0 Å². The van der Waals surface area contributed by atoms with E-state index in [1.807, 2.05) is 23.1 Å². The molecular weight excluding hydrogens is 368 g/mol. The van der Waals surface area contributed by atoms with Crippen molar-refractivity contribution >= 4 is 11.8 Å². The van der Waals surface area contributed by atoms with Gasteiger partial charge in [0.05, 0.1) is 14.2 Å². The number of methoxy groups -OCH3 is 2. The van der Waals surface area contributed by atoms with Crippen LogP contribution in [0.25, 0.3) is 0 Å². The molecule has 1 unspecified atom stereocenters. The Morgan fingerprint density at radius 1 is 0.862 bits per heavy atom. The van der Waals surface area contributed by atoms with E-state index in [1.54, 1.807) is 37.3 Å². The molecule has 2 aliphatic rings. The van der Waals surface area contributed by atoms with Gasteiger partial charge in [0, 0.05) is 37.7 Å². The fourth-order valence-corrected chi connectivity index (χ4v) is 4.05. The summed E-state index contributed by atoms with van der Waals surface area (Å²) in [6.45, 7) is 2.25. The predicted octanol–water partition coefficient (Wildman–Crippen LogP) is 2.79. The summed E-state index contributed by atoms with van der Waals surface area (Å²) >= 11 is 0. The van der Waals surface area contributed by atoms with E-state index in [0.29, 0.717) is 49.2 Å². The number of ether oxygens (including phenoxy) is 2. The minimum atomic E-state index is -0.0494. The third kappa shape index (κ3) is 3.92. The van der Waals surface area contributed by atoms with Crippen molar-refractivity contribution in [2.45, 2.75) is 12.3 Å². The van der Waals surface area contributed by atoms with E-state index in [2.05, 4.69) is 12.1 Å². The molecule has 6 nitrogen and oxygen atoms in total. The molecule has 0 aromatic heterocycles. The summed E-state index contributed by atoms with van der Waals surface area (Å²) in [6.07, 6.45) is 0.924. The molecule has 29 heavy (non-hydrogen) atoms. The second-order valence-electron chi connectivity index (χ2n) is 7.55. The zero-order chi connectivity index (χ0) is 20.4. The summed E-state index contributed by atoms with van der Waals surface area (Å²) in [5.74, 6) is 1.73. The Balaban J connectivity index is 1.34. The normalized spacial score (nSPS) is 20.9. The van der Waals surface area contributed by atoms with Crippen LogP contribution in [0.1, 0.15) is 28.3 Å². The van der Waals surface area contributed by atoms with Gasteiger partial charge in [0.25, 0.3) is 5.91 Å². The number of amides is 2. The first-order valence-corrected chi connectivity index (χ1v) is 9.97. The Labute approximate surface area is 171 Å². The third-order valence-corrected chi connectivity index (χ3v) is 5.84. The molecule has 6 heteroatoms. The maximum Gasteiger partial charge on any atom is 0.254 e. The summed E-state index contributed by atoms with van der Waals surface area (Å²) in [5, 5.41) is 0. The molecule has 2 fully saturated rings. The predicted molar refractivity (Wildman–Crippen MR) is 109 cm³/mol. The van der Waals surface area contributed by atoms with Crippen LogP contribution in [0.4, 0.5) is 0 Å². The first kappa shape index (κ1) is 19.3. The van der Waals surface area contributed by atoms with Crippen molar-refractivity contribution in [3.8, 4) is 11.5 Å². The van der Waals surface area contributed by atoms with Crippen molar-refractivity contribution in [3.63, 3.8) is 0 Å². The van der Waals surface area contributed by atoms with Crippen LogP contribution in [0.3, 0.4) is 0 Å². The molecule has 0 bridgehead atoms. The van der Waals surface area contributed by atoms with Gasteiger partial charge in [-0.15, -0.1) is 0 Å². The van der Waals surface area contributed by atoms with Gasteiger partial charge in [0.1, 0.15) is 0 Å². The molecule has 2 amide bonds. The minimum Gasteiger partial charge on any atom is -0.493 e. The van der Waals surface area contributed by atoms with Gasteiger partial charge in [-0.05, 0) is 36.1 Å². The van der Waals surface area contributed by atoms with E-state index in [4.69, 9.17) is 9.47 Å². The number of piperazine rings is 1. The lowest BCUT2D eigenvalue weighted by Gasteiger charge is -2.35. The van der Waals surface area contributed by atoms with E-state index in [9.17, 15) is 9.59 Å². The third-order valence-electron chi connectivity index (χ3n) is 5.84. The quantitative estimate of drug-likeness (QED) is 0.783. The minimum absolute atomic E-state index is 0.0494. The molecular formula is C23H26N2O4. The smallest absolute Gasteiger partial charge is 0.254 e. The SMILES string of the molecule is COc1ccc(C(=O)N2CCN(C(=O)[C@@H]3CC3c3ccccc3)CC2)cc1OC. The molecule has 1 aliphatic carbocycles. The van der Waals surface area contributed by atoms with Crippen LogP contribution >= 0.6 is 0 Å². The fourth-order valence-electron chi connectivity index (χ4n) is 4.05. The monoisotopic (exact) mass is 394 g/mol. The zero-order valence-corrected chi connectivity index (χ0v) is 16.8. The Hall–Kier alpha value is -3.02. The van der Waals surface area contributed by atoms with Crippen molar-refractivity contribution in [2.75, 3.05) is 40.4 Å². The first-order chi connectivity index (χ1) is 14.1. The maximum atomic E-state index is 12.9. The molecule has 0 spiro atoms. The Morgan fingerprint density at radius 3 is 2.17 bits per heavy atom. The molecule has 2 aromatic rings. The van der Waals surface area contributed by atoms with Crippen LogP contribution in [-0.4, -0.2) is 62.0 Å². The molecule has 0 N–H and O–H groups in total. The van der Waals surface area contributed by atoms with Crippen LogP contribution in [0.5, 0.6) is 11.5 Å². The number of rotatable bonds is 5. The maximum absolute atomic E-state index is 12.9. The summed E-state index contributed by atoms with van der Waals surface area (Å²) < 4.78 is 10.5. The van der Waals surface area contributed by atoms with Crippen LogP contribution in [0, 0.1) is 5.92 Å². The topological polar surface area (TPSA) is 59.1 Å². The van der Waals surface area contributed by atoms with Crippen molar-refractivity contribution < 1.29 is 19.1 Å². The van der Waals surface area contributed by atoms with Crippen LogP contribution in [0.2, 0.25) is 0 Å². The molecule has 0 radical (unpaired) electrons. The molecule has 1 saturated carbocycles. The summed E-state index contributed by atoms with van der Waals surface area (Å²) in [7, 11) is 3.12. The van der Waals surface area contributed by atoms with Crippen LogP contribution < -0.4 is 9.47 Å². The van der Waals surface area contributed by atoms with Crippen LogP contribution in [-0.2, 0) is 4.79 Å². The van der Waals surface area contributed by atoms with E-state index >= 15 is 0 Å². The number of hydrogen-bond donors (Lipinski definition) is 0. The average molecular weight is 394 g/mol. The highest BCUT2D eigenvalue weighted by Crippen LogP contribution is 2.48. The number of hydrogen-bond acceptors (Lipinski definition) is 4. The van der Waals surface area contributed by atoms with E-state index in [0.717, 1.165) is 6.42 Å². The van der Waals surface area contributed by atoms with Crippen molar-refractivity contribution in [2.24, 2.45) is 5.92 Å². The lowest BCUT2D eigenvalue weighted by atomic mass is 10.1. The fraction of sp³-hybridized carbons (Fsp3) is 0.391. The Bertz CT molecular complexity index is 891. The number of carbonyl (C=O) groups is 2. The molecule has 152 valence electrons. The Kier molecular flexibility index (Phi) is 5.43. The molecule has 4 rings (SSSR count). The van der Waals surface area contributed by atoms with Gasteiger partial charge in [-0.25, -0.2) is 0 Å². The largest absolute Gasteiger partial charge is 0.493 e. The number of nitrogens with zero attached hydrogens (tertiary/aromatic N) is 2. The van der Waals surface area contributed by atoms with Gasteiger partial charge >= 0.3 is 0 Å². The molecule has 2 atom stereocenters. The summed E-state index contributed by atoms with van der Waals surface area (Å²) in [6, 6.07) is 15.4. The number of carbonyl (C=O) groups excluding carboxylic acids is 2. The average Bonchev–Trinajstić information content (AvgIpc) is 3.59. The van der Waals surface area contributed by atoms with Crippen LogP contribution in [0.15, 0.2) is 48.5 Å². The molecule has 1 heterocycles.